The molecule has 6 atom stereocenters. The van der Waals surface area contributed by atoms with Gasteiger partial charge in [0.15, 0.2) is 11.8 Å². The topological polar surface area (TPSA) is 165 Å². The molecule has 0 spiro atoms. The van der Waals surface area contributed by atoms with Gasteiger partial charge in [-0.25, -0.2) is 0 Å². The Bertz CT molecular complexity index is 1630. The summed E-state index contributed by atoms with van der Waals surface area (Å²) in [6.07, 6.45) is 8.13. The highest BCUT2D eigenvalue weighted by Gasteiger charge is 2.76. The molecule has 1 saturated carbocycles. The molecule has 13 nitrogen and oxygen atoms in total. The normalized spacial score (nSPS) is 26.7. The lowest BCUT2D eigenvalue weighted by Gasteiger charge is -2.48. The molecule has 4 fully saturated rings. The van der Waals surface area contributed by atoms with Crippen LogP contribution in [0.3, 0.4) is 0 Å². The summed E-state index contributed by atoms with van der Waals surface area (Å²) in [4.78, 5) is 48.3. The molecule has 2 aromatic carbocycles. The van der Waals surface area contributed by atoms with Crippen molar-refractivity contribution in [1.29, 1.82) is 0 Å². The minimum Gasteiger partial charge on any atom is -0.499 e. The lowest BCUT2D eigenvalue weighted by molar-refractivity contribution is -0.224. The van der Waals surface area contributed by atoms with E-state index < -0.39 is 47.6 Å². The van der Waals surface area contributed by atoms with Gasteiger partial charge < -0.3 is 39.8 Å². The molecule has 4 N–H and O–H groups in total. The van der Waals surface area contributed by atoms with Gasteiger partial charge in [-0.1, -0.05) is 75.9 Å². The van der Waals surface area contributed by atoms with E-state index in [0.29, 0.717) is 24.0 Å². The van der Waals surface area contributed by atoms with Crippen molar-refractivity contribution in [1.82, 2.24) is 15.7 Å². The third-order valence-electron chi connectivity index (χ3n) is 10.9. The number of unbranched alkanes of at least 4 members (excludes halogenated alkanes) is 4. The number of hydrogen-bond donors (Lipinski definition) is 4. The summed E-state index contributed by atoms with van der Waals surface area (Å²) in [5.41, 5.74) is 1.45. The van der Waals surface area contributed by atoms with Crippen molar-refractivity contribution in [3.05, 3.63) is 77.0 Å². The van der Waals surface area contributed by atoms with Crippen LogP contribution in [0, 0.1) is 5.41 Å². The summed E-state index contributed by atoms with van der Waals surface area (Å²) in [5.74, 6) is -2.10. The third-order valence-corrected chi connectivity index (χ3v) is 10.9. The monoisotopic (exact) mass is 749 g/mol. The molecule has 2 aromatic rings. The van der Waals surface area contributed by atoms with Crippen LogP contribution in [0.4, 0.5) is 0 Å². The van der Waals surface area contributed by atoms with Crippen LogP contribution < -0.4 is 10.6 Å². The number of aliphatic hydroxyl groups excluding tert-OH is 2. The van der Waals surface area contributed by atoms with E-state index in [1.807, 2.05) is 30.3 Å². The number of hydrogen-bond acceptors (Lipinski definition) is 11. The molecule has 0 aromatic heterocycles. The average molecular weight is 750 g/mol. The van der Waals surface area contributed by atoms with E-state index in [2.05, 4.69) is 24.5 Å². The summed E-state index contributed by atoms with van der Waals surface area (Å²) in [7, 11) is 0. The predicted octanol–water partition coefficient (Wildman–Crippen LogP) is 4.15. The van der Waals surface area contributed by atoms with Gasteiger partial charge in [-0.15, -0.1) is 0 Å². The van der Waals surface area contributed by atoms with Gasteiger partial charge in [0.05, 0.1) is 26.0 Å². The molecule has 2 bridgehead atoms. The number of hydroxylamine groups is 2. The highest BCUT2D eigenvalue weighted by molar-refractivity contribution is 5.95. The van der Waals surface area contributed by atoms with E-state index in [1.165, 1.54) is 6.26 Å². The molecule has 294 valence electrons. The number of nitrogens with one attached hydrogen (secondary N) is 2. The molecule has 2 amide bonds. The second-order valence-corrected chi connectivity index (χ2v) is 14.7. The first kappa shape index (κ1) is 39.8. The molecular weight excluding hydrogens is 694 g/mol. The smallest absolute Gasteiger partial charge is 0.327 e. The molecule has 6 rings (SSSR count). The van der Waals surface area contributed by atoms with Crippen LogP contribution in [0.1, 0.15) is 98.7 Å². The lowest BCUT2D eigenvalue weighted by atomic mass is 9.62. The minimum atomic E-state index is -1.35. The number of rotatable bonds is 20. The minimum absolute atomic E-state index is 0.0876. The van der Waals surface area contributed by atoms with Crippen LogP contribution in [0.25, 0.3) is 6.08 Å². The molecule has 1 aliphatic carbocycles. The van der Waals surface area contributed by atoms with Crippen LogP contribution in [0.5, 0.6) is 0 Å². The molecular formula is C41H55N3O10. The second kappa shape index (κ2) is 18.2. The Labute approximate surface area is 317 Å². The number of carbonyl (C=O) groups excluding carboxylic acids is 3. The van der Waals surface area contributed by atoms with Crippen LogP contribution >= 0.6 is 0 Å². The van der Waals surface area contributed by atoms with E-state index in [0.717, 1.165) is 49.7 Å². The Balaban J connectivity index is 1.31. The molecule has 4 aliphatic rings. The highest BCUT2D eigenvalue weighted by atomic mass is 16.8. The Hall–Kier alpha value is -3.85. The van der Waals surface area contributed by atoms with Crippen LogP contribution in [-0.2, 0) is 46.5 Å². The summed E-state index contributed by atoms with van der Waals surface area (Å²) in [5, 5.41) is 25.5. The average Bonchev–Trinajstić information content (AvgIpc) is 3.73. The largest absolute Gasteiger partial charge is 0.499 e. The number of benzene rings is 2. The zero-order valence-electron chi connectivity index (χ0n) is 31.4. The second-order valence-electron chi connectivity index (χ2n) is 14.7. The fourth-order valence-corrected chi connectivity index (χ4v) is 8.36. The van der Waals surface area contributed by atoms with Crippen molar-refractivity contribution < 1.29 is 48.4 Å². The van der Waals surface area contributed by atoms with E-state index in [-0.39, 0.29) is 57.7 Å². The van der Waals surface area contributed by atoms with Crippen molar-refractivity contribution in [3.63, 3.8) is 0 Å². The molecule has 3 aliphatic heterocycles. The summed E-state index contributed by atoms with van der Waals surface area (Å²) in [6, 6.07) is 13.5. The van der Waals surface area contributed by atoms with Gasteiger partial charge in [-0.2, -0.15) is 5.06 Å². The fraction of sp³-hybridized carbons (Fsp3) is 0.585. The number of fused-ring (bicyclic) bond motifs is 4. The molecule has 13 heteroatoms. The van der Waals surface area contributed by atoms with E-state index >= 15 is 0 Å². The number of ether oxygens (including phenoxy) is 4. The number of nitrogens with zero attached hydrogens (tertiary/aromatic N) is 1. The van der Waals surface area contributed by atoms with Crippen molar-refractivity contribution >= 4 is 23.9 Å². The van der Waals surface area contributed by atoms with E-state index in [9.17, 15) is 14.4 Å². The van der Waals surface area contributed by atoms with Crippen molar-refractivity contribution in [2.75, 3.05) is 26.4 Å². The number of aliphatic hydroxyl groups is 2. The van der Waals surface area contributed by atoms with Crippen molar-refractivity contribution in [3.8, 4) is 0 Å². The number of carbonyl (C=O) groups is 3. The number of amides is 2. The van der Waals surface area contributed by atoms with Gasteiger partial charge in [-0.3, -0.25) is 19.2 Å². The standard InChI is InChI=1S/C41H55N3O10/c1-3-5-7-16-40(17-8-6-4-2)52-33-32-25-41(39(49)43-26-29-12-10-14-31(24-29)37(47)42-18-19-45)35(38(48)51-32)44(54-36(41)34(33)53-40)27-30-13-9-11-28(23-30)15-21-50-22-20-46/h9-15,21,23-24,32-36,45-46H,3-8,16-20,22,25-27H2,1-2H3,(H,42,47)(H,43,49)/t32?,33-,34-,35-,36+,41?/m0/s1. The maximum absolute atomic E-state index is 14.8. The van der Waals surface area contributed by atoms with Gasteiger partial charge >= 0.3 is 5.97 Å². The Morgan fingerprint density at radius 2 is 1.69 bits per heavy atom. The van der Waals surface area contributed by atoms with Crippen LogP contribution in [0.15, 0.2) is 54.8 Å². The van der Waals surface area contributed by atoms with E-state index in [4.69, 9.17) is 34.0 Å². The summed E-state index contributed by atoms with van der Waals surface area (Å²) < 4.78 is 25.3. The Morgan fingerprint density at radius 1 is 0.944 bits per heavy atom. The zero-order chi connectivity index (χ0) is 38.1. The predicted molar refractivity (Wildman–Crippen MR) is 198 cm³/mol. The van der Waals surface area contributed by atoms with Gasteiger partial charge in [0.2, 0.25) is 5.91 Å². The first-order valence-corrected chi connectivity index (χ1v) is 19.5. The van der Waals surface area contributed by atoms with Gasteiger partial charge in [-0.05, 0) is 47.7 Å². The maximum atomic E-state index is 14.8. The molecule has 3 heterocycles. The van der Waals surface area contributed by atoms with Gasteiger partial charge in [0, 0.05) is 37.9 Å². The van der Waals surface area contributed by atoms with Crippen LogP contribution in [0.2, 0.25) is 0 Å². The summed E-state index contributed by atoms with van der Waals surface area (Å²) >= 11 is 0. The molecule has 54 heavy (non-hydrogen) atoms. The van der Waals surface area contributed by atoms with Gasteiger partial charge in [0.1, 0.15) is 36.4 Å². The lowest BCUT2D eigenvalue weighted by Crippen LogP contribution is -2.69. The molecule has 3 saturated heterocycles. The highest BCUT2D eigenvalue weighted by Crippen LogP contribution is 2.58. The molecule has 2 unspecified atom stereocenters. The van der Waals surface area contributed by atoms with Crippen molar-refractivity contribution in [2.45, 2.75) is 121 Å². The van der Waals surface area contributed by atoms with E-state index in [1.54, 1.807) is 29.3 Å². The van der Waals surface area contributed by atoms with Crippen LogP contribution in [-0.4, -0.2) is 95.7 Å². The quantitative estimate of drug-likeness (QED) is 0.0874. The van der Waals surface area contributed by atoms with Gasteiger partial charge in [0.25, 0.3) is 5.91 Å². The first-order chi connectivity index (χ1) is 26.3. The Kier molecular flexibility index (Phi) is 13.4. The maximum Gasteiger partial charge on any atom is 0.327 e. The van der Waals surface area contributed by atoms with Crippen molar-refractivity contribution in [2.24, 2.45) is 5.41 Å². The Morgan fingerprint density at radius 3 is 2.43 bits per heavy atom. The summed E-state index contributed by atoms with van der Waals surface area (Å²) in [6.45, 7) is 4.67. The zero-order valence-corrected chi connectivity index (χ0v) is 31.4. The SMILES string of the molecule is CCCCCC1(CCCCC)O[C@@H]2[C@H]3ON(Cc4cccc(C=COCCO)c4)[C@H]4C(=O)OC(CC34C(=O)NCc3cccc(C(=O)NCCO)c3)[C@@H]2O1. The fourth-order valence-electron chi connectivity index (χ4n) is 8.36. The third kappa shape index (κ3) is 8.51. The number of esters is 1. The first-order valence-electron chi connectivity index (χ1n) is 19.5. The molecule has 0 radical (unpaired) electrons.